The fourth-order valence-corrected chi connectivity index (χ4v) is 4.80. The van der Waals surface area contributed by atoms with Crippen molar-refractivity contribution in [2.45, 2.75) is 51.4 Å². The fourth-order valence-electron chi connectivity index (χ4n) is 4.80. The van der Waals surface area contributed by atoms with Gasteiger partial charge in [-0.15, -0.1) is 0 Å². The van der Waals surface area contributed by atoms with E-state index in [2.05, 4.69) is 18.2 Å². The minimum absolute atomic E-state index is 0.0133. The number of alkyl halides is 2. The zero-order chi connectivity index (χ0) is 24.1. The number of ether oxygens (including phenoxy) is 1. The van der Waals surface area contributed by atoms with Crippen molar-refractivity contribution in [1.29, 1.82) is 0 Å². The lowest BCUT2D eigenvalue weighted by molar-refractivity contribution is 0.152. The van der Waals surface area contributed by atoms with E-state index >= 15 is 4.39 Å². The highest BCUT2D eigenvalue weighted by Crippen LogP contribution is 2.36. The van der Waals surface area contributed by atoms with E-state index in [0.717, 1.165) is 42.4 Å². The molecule has 0 radical (unpaired) electrons. The van der Waals surface area contributed by atoms with Crippen molar-refractivity contribution >= 4 is 11.1 Å². The summed E-state index contributed by atoms with van der Waals surface area (Å²) in [5.41, 5.74) is 4.22. The molecule has 2 aliphatic carbocycles. The number of hydrogen-bond donors (Lipinski definition) is 0. The van der Waals surface area contributed by atoms with Crippen molar-refractivity contribution in [3.8, 4) is 11.1 Å². The second kappa shape index (κ2) is 10.9. The first-order valence-electron chi connectivity index (χ1n) is 12.0. The summed E-state index contributed by atoms with van der Waals surface area (Å²) >= 11 is 0. The quantitative estimate of drug-likeness (QED) is 0.373. The van der Waals surface area contributed by atoms with Crippen LogP contribution in [0.5, 0.6) is 0 Å². The van der Waals surface area contributed by atoms with Crippen molar-refractivity contribution in [2.24, 2.45) is 5.92 Å². The van der Waals surface area contributed by atoms with Crippen LogP contribution in [0.4, 0.5) is 13.2 Å². The Kier molecular flexibility index (Phi) is 7.77. The molecule has 1 nitrogen and oxygen atoms in total. The number of rotatable bonds is 7. The standard InChI is InChI=1S/C30H31F3O/c1-3-4-5-6-20-7-9-22(10-8-20)25-16-15-24(19-27(25)31)21-11-13-23(14-12-21)26-17-18-28(34-2)30(33)29(26)32/h3-4,9,11-20,29-30H,5-8,10H2,1-2H3/b4-3+. The second-order valence-electron chi connectivity index (χ2n) is 8.99. The van der Waals surface area contributed by atoms with Crippen LogP contribution in [0.1, 0.15) is 50.2 Å². The molecule has 0 aliphatic heterocycles. The van der Waals surface area contributed by atoms with Crippen LogP contribution in [0.25, 0.3) is 22.3 Å². The maximum absolute atomic E-state index is 15.0. The molecule has 0 saturated carbocycles. The number of halogens is 3. The molecule has 34 heavy (non-hydrogen) atoms. The van der Waals surface area contributed by atoms with Crippen LogP contribution >= 0.6 is 0 Å². The van der Waals surface area contributed by atoms with Gasteiger partial charge in [0.2, 0.25) is 0 Å². The van der Waals surface area contributed by atoms with Gasteiger partial charge in [0.15, 0.2) is 12.3 Å². The molecule has 2 aromatic carbocycles. The second-order valence-corrected chi connectivity index (χ2v) is 8.99. The van der Waals surface area contributed by atoms with E-state index in [1.165, 1.54) is 19.6 Å². The summed E-state index contributed by atoms with van der Waals surface area (Å²) in [4.78, 5) is 0. The topological polar surface area (TPSA) is 9.23 Å². The van der Waals surface area contributed by atoms with E-state index in [1.54, 1.807) is 24.3 Å². The summed E-state index contributed by atoms with van der Waals surface area (Å²) in [6.07, 6.45) is 11.2. The summed E-state index contributed by atoms with van der Waals surface area (Å²) in [6, 6.07) is 12.5. The lowest BCUT2D eigenvalue weighted by Crippen LogP contribution is -2.24. The third-order valence-electron chi connectivity index (χ3n) is 6.85. The van der Waals surface area contributed by atoms with Gasteiger partial charge in [0.05, 0.1) is 7.11 Å². The van der Waals surface area contributed by atoms with E-state index in [9.17, 15) is 8.78 Å². The van der Waals surface area contributed by atoms with Crippen molar-refractivity contribution in [1.82, 2.24) is 0 Å². The Labute approximate surface area is 200 Å². The van der Waals surface area contributed by atoms with Crippen molar-refractivity contribution in [3.05, 3.63) is 95.5 Å². The Bertz CT molecular complexity index is 1120. The Morgan fingerprint density at radius 2 is 1.71 bits per heavy atom. The molecule has 3 unspecified atom stereocenters. The monoisotopic (exact) mass is 464 g/mol. The molecule has 2 aromatic rings. The molecule has 0 saturated heterocycles. The van der Waals surface area contributed by atoms with Crippen LogP contribution in [0, 0.1) is 11.7 Å². The van der Waals surface area contributed by atoms with E-state index in [1.807, 2.05) is 31.2 Å². The van der Waals surface area contributed by atoms with Crippen LogP contribution in [0.15, 0.2) is 78.6 Å². The average Bonchev–Trinajstić information content (AvgIpc) is 2.86. The summed E-state index contributed by atoms with van der Waals surface area (Å²) in [5.74, 6) is 0.436. The van der Waals surface area contributed by atoms with Gasteiger partial charge in [-0.05, 0) is 84.9 Å². The van der Waals surface area contributed by atoms with E-state index in [-0.39, 0.29) is 17.1 Å². The first kappa shape index (κ1) is 24.1. The largest absolute Gasteiger partial charge is 0.498 e. The molecule has 3 atom stereocenters. The Hall–Kier alpha value is -3.01. The maximum Gasteiger partial charge on any atom is 0.192 e. The molecule has 0 spiro atoms. The third-order valence-corrected chi connectivity index (χ3v) is 6.85. The number of allylic oxidation sites excluding steroid dienone is 8. The molecule has 0 heterocycles. The van der Waals surface area contributed by atoms with Crippen LogP contribution in [0.3, 0.4) is 0 Å². The average molecular weight is 465 g/mol. The van der Waals surface area contributed by atoms with Crippen LogP contribution in [-0.4, -0.2) is 19.5 Å². The molecule has 0 N–H and O–H groups in total. The van der Waals surface area contributed by atoms with Gasteiger partial charge in [-0.3, -0.25) is 0 Å². The van der Waals surface area contributed by atoms with Crippen molar-refractivity contribution in [2.75, 3.05) is 7.11 Å². The highest BCUT2D eigenvalue weighted by molar-refractivity contribution is 5.76. The van der Waals surface area contributed by atoms with Crippen molar-refractivity contribution < 1.29 is 17.9 Å². The Balaban J connectivity index is 1.47. The summed E-state index contributed by atoms with van der Waals surface area (Å²) in [6.45, 7) is 2.04. The SMILES string of the molecule is C/C=C/CCC1CC=C(c2ccc(-c3ccc(C4=CC=C(OC)C(F)C4F)cc3)cc2F)CC1. The van der Waals surface area contributed by atoms with Crippen molar-refractivity contribution in [3.63, 3.8) is 0 Å². The lowest BCUT2D eigenvalue weighted by atomic mass is 9.84. The molecular weight excluding hydrogens is 433 g/mol. The lowest BCUT2D eigenvalue weighted by Gasteiger charge is -2.22. The highest BCUT2D eigenvalue weighted by Gasteiger charge is 2.32. The number of hydrogen-bond acceptors (Lipinski definition) is 1. The molecular formula is C30H31F3O. The van der Waals surface area contributed by atoms with Gasteiger partial charge in [-0.1, -0.05) is 60.7 Å². The molecule has 4 heteroatoms. The first-order valence-corrected chi connectivity index (χ1v) is 12.0. The molecule has 178 valence electrons. The summed E-state index contributed by atoms with van der Waals surface area (Å²) in [7, 11) is 1.33. The van der Waals surface area contributed by atoms with Crippen LogP contribution in [0.2, 0.25) is 0 Å². The van der Waals surface area contributed by atoms with E-state index in [4.69, 9.17) is 4.74 Å². The number of methoxy groups -OCH3 is 1. The molecule has 0 amide bonds. The normalized spacial score (nSPS) is 22.9. The van der Waals surface area contributed by atoms with Gasteiger partial charge in [0.25, 0.3) is 0 Å². The van der Waals surface area contributed by atoms with Gasteiger partial charge >= 0.3 is 0 Å². The predicted molar refractivity (Wildman–Crippen MR) is 134 cm³/mol. The van der Waals surface area contributed by atoms with Gasteiger partial charge in [-0.25, -0.2) is 13.2 Å². The highest BCUT2D eigenvalue weighted by atomic mass is 19.2. The third kappa shape index (κ3) is 5.22. The fraction of sp³-hybridized carbons (Fsp3) is 0.333. The molecule has 0 aromatic heterocycles. The zero-order valence-corrected chi connectivity index (χ0v) is 19.7. The van der Waals surface area contributed by atoms with Crippen LogP contribution in [-0.2, 0) is 4.74 Å². The molecule has 0 fully saturated rings. The van der Waals surface area contributed by atoms with E-state index < -0.39 is 12.3 Å². The molecule has 0 bridgehead atoms. The smallest absolute Gasteiger partial charge is 0.192 e. The van der Waals surface area contributed by atoms with Crippen LogP contribution < -0.4 is 0 Å². The summed E-state index contributed by atoms with van der Waals surface area (Å²) < 4.78 is 48.6. The van der Waals surface area contributed by atoms with Gasteiger partial charge in [-0.2, -0.15) is 0 Å². The minimum Gasteiger partial charge on any atom is -0.498 e. The summed E-state index contributed by atoms with van der Waals surface area (Å²) in [5, 5.41) is 0. The Morgan fingerprint density at radius 3 is 2.35 bits per heavy atom. The first-order chi connectivity index (χ1) is 16.5. The zero-order valence-electron chi connectivity index (χ0n) is 19.7. The van der Waals surface area contributed by atoms with Gasteiger partial charge in [0, 0.05) is 5.56 Å². The predicted octanol–water partition coefficient (Wildman–Crippen LogP) is 8.64. The maximum atomic E-state index is 15.0. The van der Waals surface area contributed by atoms with E-state index in [0.29, 0.717) is 17.0 Å². The Morgan fingerprint density at radius 1 is 0.971 bits per heavy atom. The molecule has 4 rings (SSSR count). The van der Waals surface area contributed by atoms with Gasteiger partial charge < -0.3 is 4.74 Å². The molecule has 2 aliphatic rings. The number of benzene rings is 2. The minimum atomic E-state index is -1.82. The van der Waals surface area contributed by atoms with Gasteiger partial charge in [0.1, 0.15) is 11.6 Å².